The first kappa shape index (κ1) is 17.8. The maximum atomic E-state index is 12.5. The molecule has 1 fully saturated rings. The second-order valence-electron chi connectivity index (χ2n) is 5.83. The fraction of sp³-hybridized carbons (Fsp3) is 0.389. The van der Waals surface area contributed by atoms with Crippen LogP contribution in [-0.2, 0) is 0 Å². The molecule has 26 heavy (non-hydrogen) atoms. The summed E-state index contributed by atoms with van der Waals surface area (Å²) in [5.41, 5.74) is 1.06. The van der Waals surface area contributed by atoms with Gasteiger partial charge in [0.05, 0.1) is 21.3 Å². The lowest BCUT2D eigenvalue weighted by molar-refractivity contribution is 0.0787. The van der Waals surface area contributed by atoms with Crippen LogP contribution in [0.25, 0.3) is 0 Å². The maximum Gasteiger partial charge on any atom is 0.272 e. The largest absolute Gasteiger partial charge is 0.493 e. The lowest BCUT2D eigenvalue weighted by Crippen LogP contribution is -2.28. The van der Waals surface area contributed by atoms with Crippen molar-refractivity contribution in [2.24, 2.45) is 0 Å². The van der Waals surface area contributed by atoms with Gasteiger partial charge in [-0.25, -0.2) is 9.97 Å². The number of aromatic nitrogens is 2. The Morgan fingerprint density at radius 1 is 1.00 bits per heavy atom. The van der Waals surface area contributed by atoms with Gasteiger partial charge in [0.2, 0.25) is 5.75 Å². The molecule has 8 heteroatoms. The van der Waals surface area contributed by atoms with Crippen molar-refractivity contribution in [3.63, 3.8) is 0 Å². The van der Waals surface area contributed by atoms with E-state index in [1.54, 1.807) is 39.5 Å². The molecular weight excluding hydrogens is 336 g/mol. The van der Waals surface area contributed by atoms with Crippen LogP contribution in [0, 0.1) is 0 Å². The SMILES string of the molecule is COc1cc(Nc2cc(C(=O)N3CCCC3)ncn2)cc(OC)c1OC. The third-order valence-corrected chi connectivity index (χ3v) is 4.22. The smallest absolute Gasteiger partial charge is 0.272 e. The zero-order valence-electron chi connectivity index (χ0n) is 15.1. The lowest BCUT2D eigenvalue weighted by atomic mass is 10.2. The van der Waals surface area contributed by atoms with Crippen molar-refractivity contribution < 1.29 is 19.0 Å². The third kappa shape index (κ3) is 3.63. The first-order valence-electron chi connectivity index (χ1n) is 8.34. The Kier molecular flexibility index (Phi) is 5.40. The average molecular weight is 358 g/mol. The Morgan fingerprint density at radius 3 is 2.23 bits per heavy atom. The van der Waals surface area contributed by atoms with Crippen LogP contribution >= 0.6 is 0 Å². The van der Waals surface area contributed by atoms with Gasteiger partial charge in [0, 0.05) is 37.0 Å². The summed E-state index contributed by atoms with van der Waals surface area (Å²) < 4.78 is 16.0. The van der Waals surface area contributed by atoms with Crippen LogP contribution in [0.3, 0.4) is 0 Å². The first-order chi connectivity index (χ1) is 12.7. The van der Waals surface area contributed by atoms with Crippen LogP contribution in [0.4, 0.5) is 11.5 Å². The third-order valence-electron chi connectivity index (χ3n) is 4.22. The number of hydrogen-bond donors (Lipinski definition) is 1. The van der Waals surface area contributed by atoms with Gasteiger partial charge in [0.1, 0.15) is 17.8 Å². The van der Waals surface area contributed by atoms with Crippen molar-refractivity contribution >= 4 is 17.4 Å². The number of hydrogen-bond acceptors (Lipinski definition) is 7. The number of nitrogens with one attached hydrogen (secondary N) is 1. The molecule has 2 aromatic rings. The molecule has 0 aliphatic carbocycles. The Balaban J connectivity index is 1.85. The van der Waals surface area contributed by atoms with Crippen molar-refractivity contribution in [2.45, 2.75) is 12.8 Å². The first-order valence-corrected chi connectivity index (χ1v) is 8.34. The minimum atomic E-state index is -0.0714. The monoisotopic (exact) mass is 358 g/mol. The molecule has 0 spiro atoms. The minimum Gasteiger partial charge on any atom is -0.493 e. The zero-order chi connectivity index (χ0) is 18.5. The summed E-state index contributed by atoms with van der Waals surface area (Å²) in [5.74, 6) is 2.00. The summed E-state index contributed by atoms with van der Waals surface area (Å²) in [7, 11) is 4.66. The van der Waals surface area contributed by atoms with Crippen LogP contribution in [0.15, 0.2) is 24.5 Å². The maximum absolute atomic E-state index is 12.5. The molecule has 0 bridgehead atoms. The van der Waals surface area contributed by atoms with E-state index in [9.17, 15) is 4.79 Å². The minimum absolute atomic E-state index is 0.0714. The Morgan fingerprint density at radius 2 is 1.65 bits per heavy atom. The van der Waals surface area contributed by atoms with Gasteiger partial charge in [-0.05, 0) is 12.8 Å². The molecule has 1 aliphatic rings. The number of nitrogens with zero attached hydrogens (tertiary/aromatic N) is 3. The number of carbonyl (C=O) groups is 1. The molecule has 1 N–H and O–H groups in total. The van der Waals surface area contributed by atoms with E-state index in [0.29, 0.717) is 34.4 Å². The van der Waals surface area contributed by atoms with Gasteiger partial charge in [0.15, 0.2) is 11.5 Å². The number of anilines is 2. The van der Waals surface area contributed by atoms with E-state index in [1.807, 2.05) is 4.90 Å². The number of methoxy groups -OCH3 is 3. The number of ether oxygens (including phenoxy) is 3. The molecule has 0 saturated carbocycles. The van der Waals surface area contributed by atoms with Crippen molar-refractivity contribution in [3.05, 3.63) is 30.2 Å². The van der Waals surface area contributed by atoms with E-state index >= 15 is 0 Å². The molecular formula is C18H22N4O4. The number of benzene rings is 1. The summed E-state index contributed by atoms with van der Waals surface area (Å²) in [5, 5.41) is 3.15. The summed E-state index contributed by atoms with van der Waals surface area (Å²) in [6, 6.07) is 5.18. The molecule has 0 radical (unpaired) electrons. The molecule has 1 aromatic heterocycles. The predicted molar refractivity (Wildman–Crippen MR) is 96.6 cm³/mol. The van der Waals surface area contributed by atoms with Gasteiger partial charge in [0.25, 0.3) is 5.91 Å². The fourth-order valence-corrected chi connectivity index (χ4v) is 2.93. The van der Waals surface area contributed by atoms with Crippen molar-refractivity contribution in [2.75, 3.05) is 39.7 Å². The highest BCUT2D eigenvalue weighted by atomic mass is 16.5. The van der Waals surface area contributed by atoms with Gasteiger partial charge >= 0.3 is 0 Å². The van der Waals surface area contributed by atoms with Crippen molar-refractivity contribution in [3.8, 4) is 17.2 Å². The van der Waals surface area contributed by atoms with E-state index in [4.69, 9.17) is 14.2 Å². The van der Waals surface area contributed by atoms with Crippen LogP contribution in [0.5, 0.6) is 17.2 Å². The Labute approximate surface area is 152 Å². The summed E-state index contributed by atoms with van der Waals surface area (Å²) in [6.07, 6.45) is 3.45. The Bertz CT molecular complexity index is 766. The molecule has 1 saturated heterocycles. The van der Waals surface area contributed by atoms with Gasteiger partial charge in [-0.15, -0.1) is 0 Å². The molecule has 2 heterocycles. The molecule has 0 unspecified atom stereocenters. The lowest BCUT2D eigenvalue weighted by Gasteiger charge is -2.16. The van der Waals surface area contributed by atoms with Crippen LogP contribution in [0.2, 0.25) is 0 Å². The van der Waals surface area contributed by atoms with Crippen molar-refractivity contribution in [1.29, 1.82) is 0 Å². The summed E-state index contributed by atoms with van der Waals surface area (Å²) in [4.78, 5) is 22.6. The predicted octanol–water partition coefficient (Wildman–Crippen LogP) is 2.48. The quantitative estimate of drug-likeness (QED) is 0.849. The second kappa shape index (κ2) is 7.90. The van der Waals surface area contributed by atoms with Gasteiger partial charge < -0.3 is 24.4 Å². The topological polar surface area (TPSA) is 85.8 Å². The summed E-state index contributed by atoms with van der Waals surface area (Å²) >= 11 is 0. The fourth-order valence-electron chi connectivity index (χ4n) is 2.93. The van der Waals surface area contributed by atoms with E-state index in [1.165, 1.54) is 6.33 Å². The zero-order valence-corrected chi connectivity index (χ0v) is 15.1. The molecule has 0 atom stereocenters. The molecule has 1 amide bonds. The van der Waals surface area contributed by atoms with Crippen molar-refractivity contribution in [1.82, 2.24) is 14.9 Å². The Hall–Kier alpha value is -3.03. The number of amides is 1. The number of likely N-dealkylation sites (tertiary alicyclic amines) is 1. The van der Waals surface area contributed by atoms with E-state index < -0.39 is 0 Å². The molecule has 1 aromatic carbocycles. The highest BCUT2D eigenvalue weighted by Crippen LogP contribution is 2.40. The molecule has 138 valence electrons. The average Bonchev–Trinajstić information content (AvgIpc) is 3.21. The van der Waals surface area contributed by atoms with E-state index in [0.717, 1.165) is 25.9 Å². The summed E-state index contributed by atoms with van der Waals surface area (Å²) in [6.45, 7) is 1.55. The molecule has 8 nitrogen and oxygen atoms in total. The standard InChI is InChI=1S/C18H22N4O4/c1-24-14-8-12(9-15(25-2)17(14)26-3)21-16-10-13(19-11-20-16)18(23)22-6-4-5-7-22/h8-11H,4-7H2,1-3H3,(H,19,20,21). The van der Waals surface area contributed by atoms with Gasteiger partial charge in [-0.3, -0.25) is 4.79 Å². The van der Waals surface area contributed by atoms with Gasteiger partial charge in [-0.1, -0.05) is 0 Å². The normalized spacial score (nSPS) is 13.4. The number of carbonyl (C=O) groups excluding carboxylic acids is 1. The van der Waals surface area contributed by atoms with Crippen LogP contribution in [0.1, 0.15) is 23.3 Å². The highest BCUT2D eigenvalue weighted by Gasteiger charge is 2.21. The highest BCUT2D eigenvalue weighted by molar-refractivity contribution is 5.93. The van der Waals surface area contributed by atoms with E-state index in [-0.39, 0.29) is 5.91 Å². The molecule has 1 aliphatic heterocycles. The van der Waals surface area contributed by atoms with E-state index in [2.05, 4.69) is 15.3 Å². The number of rotatable bonds is 6. The second-order valence-corrected chi connectivity index (χ2v) is 5.83. The van der Waals surface area contributed by atoms with Crippen LogP contribution in [-0.4, -0.2) is 55.2 Å². The van der Waals surface area contributed by atoms with Crippen LogP contribution < -0.4 is 19.5 Å². The van der Waals surface area contributed by atoms with Gasteiger partial charge in [-0.2, -0.15) is 0 Å². The molecule has 3 rings (SSSR count).